The van der Waals surface area contributed by atoms with E-state index in [9.17, 15) is 10.1 Å². The largest absolute Gasteiger partial charge is 0.379 e. The van der Waals surface area contributed by atoms with Crippen molar-refractivity contribution >= 4 is 11.4 Å². The predicted octanol–water partition coefficient (Wildman–Crippen LogP) is 8.06. The van der Waals surface area contributed by atoms with E-state index in [1.165, 1.54) is 83.5 Å². The van der Waals surface area contributed by atoms with Crippen molar-refractivity contribution in [2.24, 2.45) is 0 Å². The number of rotatable bonds is 19. The van der Waals surface area contributed by atoms with Crippen molar-refractivity contribution in [3.63, 3.8) is 0 Å². The van der Waals surface area contributed by atoms with E-state index in [4.69, 9.17) is 4.74 Å². The second-order valence-corrected chi connectivity index (χ2v) is 9.43. The molecule has 1 aliphatic rings. The Morgan fingerprint density at radius 1 is 0.875 bits per heavy atom. The summed E-state index contributed by atoms with van der Waals surface area (Å²) < 4.78 is 5.99. The zero-order valence-corrected chi connectivity index (χ0v) is 20.4. The SMILES string of the molecule is CCCCCCCCCCCCCCCCOC[C@@H]1CCCN1c1ccc([N+](=O)[O-])cc1. The van der Waals surface area contributed by atoms with Gasteiger partial charge in [0.2, 0.25) is 0 Å². The van der Waals surface area contributed by atoms with E-state index >= 15 is 0 Å². The quantitative estimate of drug-likeness (QED) is 0.122. The first-order valence-electron chi connectivity index (χ1n) is 13.3. The highest BCUT2D eigenvalue weighted by Gasteiger charge is 2.25. The first kappa shape index (κ1) is 26.6. The van der Waals surface area contributed by atoms with Crippen molar-refractivity contribution < 1.29 is 9.66 Å². The molecule has 2 rings (SSSR count). The molecule has 0 aliphatic carbocycles. The molecule has 1 atom stereocenters. The van der Waals surface area contributed by atoms with Crippen LogP contribution in [0.4, 0.5) is 11.4 Å². The van der Waals surface area contributed by atoms with Gasteiger partial charge in [-0.05, 0) is 31.4 Å². The van der Waals surface area contributed by atoms with Gasteiger partial charge in [0, 0.05) is 31.0 Å². The van der Waals surface area contributed by atoms with E-state index in [-0.39, 0.29) is 10.6 Å². The van der Waals surface area contributed by atoms with Gasteiger partial charge in [-0.3, -0.25) is 10.1 Å². The molecule has 0 radical (unpaired) electrons. The first-order valence-corrected chi connectivity index (χ1v) is 13.3. The molecule has 1 heterocycles. The molecular formula is C27H46N2O3. The Morgan fingerprint density at radius 3 is 1.94 bits per heavy atom. The molecule has 5 nitrogen and oxygen atoms in total. The molecule has 0 bridgehead atoms. The Kier molecular flexibility index (Phi) is 14.1. The highest BCUT2D eigenvalue weighted by molar-refractivity contribution is 5.52. The zero-order valence-electron chi connectivity index (χ0n) is 20.4. The average molecular weight is 447 g/mol. The highest BCUT2D eigenvalue weighted by atomic mass is 16.6. The Hall–Kier alpha value is -1.62. The third-order valence-corrected chi connectivity index (χ3v) is 6.72. The van der Waals surface area contributed by atoms with Gasteiger partial charge in [-0.25, -0.2) is 0 Å². The molecule has 1 saturated heterocycles. The Labute approximate surface area is 196 Å². The van der Waals surface area contributed by atoms with Crippen molar-refractivity contribution in [1.29, 1.82) is 0 Å². The van der Waals surface area contributed by atoms with Gasteiger partial charge in [0.15, 0.2) is 0 Å². The molecule has 1 aromatic carbocycles. The summed E-state index contributed by atoms with van der Waals surface area (Å²) in [7, 11) is 0. The fraction of sp³-hybridized carbons (Fsp3) is 0.778. The number of nitrogens with zero attached hydrogens (tertiary/aromatic N) is 2. The molecule has 0 aromatic heterocycles. The second-order valence-electron chi connectivity index (χ2n) is 9.43. The van der Waals surface area contributed by atoms with Crippen LogP contribution in [-0.2, 0) is 4.74 Å². The van der Waals surface area contributed by atoms with Crippen molar-refractivity contribution in [3.05, 3.63) is 34.4 Å². The average Bonchev–Trinajstić information content (AvgIpc) is 3.27. The van der Waals surface area contributed by atoms with Gasteiger partial charge in [0.25, 0.3) is 5.69 Å². The number of ether oxygens (including phenoxy) is 1. The van der Waals surface area contributed by atoms with E-state index in [0.29, 0.717) is 6.04 Å². The van der Waals surface area contributed by atoms with E-state index in [1.54, 1.807) is 12.1 Å². The molecule has 0 spiro atoms. The van der Waals surface area contributed by atoms with Crippen molar-refractivity contribution in [3.8, 4) is 0 Å². The van der Waals surface area contributed by atoms with E-state index in [0.717, 1.165) is 44.7 Å². The summed E-state index contributed by atoms with van der Waals surface area (Å²) in [4.78, 5) is 12.8. The number of nitro benzene ring substituents is 1. The van der Waals surface area contributed by atoms with Crippen molar-refractivity contribution in [2.75, 3.05) is 24.7 Å². The molecule has 0 saturated carbocycles. The van der Waals surface area contributed by atoms with Crippen LogP contribution < -0.4 is 4.90 Å². The van der Waals surface area contributed by atoms with Crippen molar-refractivity contribution in [2.45, 2.75) is 116 Å². The third kappa shape index (κ3) is 10.8. The van der Waals surface area contributed by atoms with E-state index in [2.05, 4.69) is 11.8 Å². The maximum Gasteiger partial charge on any atom is 0.269 e. The number of benzene rings is 1. The Bertz CT molecular complexity index is 605. The molecule has 5 heteroatoms. The minimum Gasteiger partial charge on any atom is -0.379 e. The number of unbranched alkanes of at least 4 members (excludes halogenated alkanes) is 13. The molecule has 32 heavy (non-hydrogen) atoms. The summed E-state index contributed by atoms with van der Waals surface area (Å²) in [6, 6.07) is 7.32. The van der Waals surface area contributed by atoms with Crippen LogP contribution in [0.15, 0.2) is 24.3 Å². The summed E-state index contributed by atoms with van der Waals surface area (Å²) in [5.41, 5.74) is 1.22. The second kappa shape index (κ2) is 16.9. The number of nitro groups is 1. The molecule has 0 amide bonds. The number of non-ortho nitro benzene ring substituents is 1. The molecule has 0 unspecified atom stereocenters. The maximum absolute atomic E-state index is 10.8. The van der Waals surface area contributed by atoms with Crippen LogP contribution in [0.1, 0.15) is 110 Å². The lowest BCUT2D eigenvalue weighted by atomic mass is 10.0. The summed E-state index contributed by atoms with van der Waals surface area (Å²) >= 11 is 0. The summed E-state index contributed by atoms with van der Waals surface area (Å²) in [5, 5.41) is 10.8. The van der Waals surface area contributed by atoms with Crippen molar-refractivity contribution in [1.82, 2.24) is 0 Å². The fourth-order valence-electron chi connectivity index (χ4n) is 4.73. The molecule has 182 valence electrons. The molecule has 1 aromatic rings. The Morgan fingerprint density at radius 2 is 1.41 bits per heavy atom. The molecule has 1 fully saturated rings. The first-order chi connectivity index (χ1) is 15.7. The topological polar surface area (TPSA) is 55.6 Å². The van der Waals surface area contributed by atoms with Crippen LogP contribution in [-0.4, -0.2) is 30.7 Å². The summed E-state index contributed by atoms with van der Waals surface area (Å²) in [6.45, 7) is 4.89. The van der Waals surface area contributed by atoms with Crippen LogP contribution in [0.2, 0.25) is 0 Å². The van der Waals surface area contributed by atoms with E-state index < -0.39 is 0 Å². The van der Waals surface area contributed by atoms with Gasteiger partial charge in [0.05, 0.1) is 17.6 Å². The number of anilines is 1. The van der Waals surface area contributed by atoms with Gasteiger partial charge in [0.1, 0.15) is 0 Å². The van der Waals surface area contributed by atoms with Gasteiger partial charge >= 0.3 is 0 Å². The van der Waals surface area contributed by atoms with E-state index in [1.807, 2.05) is 12.1 Å². The van der Waals surface area contributed by atoms with Gasteiger partial charge < -0.3 is 9.64 Å². The monoisotopic (exact) mass is 446 g/mol. The van der Waals surface area contributed by atoms with Gasteiger partial charge in [-0.1, -0.05) is 90.4 Å². The van der Waals surface area contributed by atoms with Crippen LogP contribution in [0, 0.1) is 10.1 Å². The number of hydrogen-bond donors (Lipinski definition) is 0. The Balaban J connectivity index is 1.42. The maximum atomic E-state index is 10.8. The lowest BCUT2D eigenvalue weighted by molar-refractivity contribution is -0.384. The predicted molar refractivity (Wildman–Crippen MR) is 135 cm³/mol. The van der Waals surface area contributed by atoms with Gasteiger partial charge in [-0.2, -0.15) is 0 Å². The minimum absolute atomic E-state index is 0.151. The highest BCUT2D eigenvalue weighted by Crippen LogP contribution is 2.27. The molecular weight excluding hydrogens is 400 g/mol. The normalized spacial score (nSPS) is 16.0. The van der Waals surface area contributed by atoms with Crippen LogP contribution in [0.25, 0.3) is 0 Å². The summed E-state index contributed by atoms with van der Waals surface area (Å²) in [6.07, 6.45) is 21.6. The molecule has 1 aliphatic heterocycles. The standard InChI is InChI=1S/C27H46N2O3/c1-2-3-4-5-6-7-8-9-10-11-12-13-14-15-23-32-24-27-17-16-22-28(27)25-18-20-26(21-19-25)29(30)31/h18-21,27H,2-17,22-24H2,1H3/t27-/m0/s1. The minimum atomic E-state index is -0.342. The van der Waals surface area contributed by atoms with Crippen LogP contribution in [0.3, 0.4) is 0 Å². The van der Waals surface area contributed by atoms with Gasteiger partial charge in [-0.15, -0.1) is 0 Å². The fourth-order valence-corrected chi connectivity index (χ4v) is 4.73. The number of hydrogen-bond acceptors (Lipinski definition) is 4. The zero-order chi connectivity index (χ0) is 22.9. The summed E-state index contributed by atoms with van der Waals surface area (Å²) in [5.74, 6) is 0. The van der Waals surface area contributed by atoms with Crippen LogP contribution in [0.5, 0.6) is 0 Å². The lowest BCUT2D eigenvalue weighted by Gasteiger charge is -2.26. The lowest BCUT2D eigenvalue weighted by Crippen LogP contribution is -2.33. The van der Waals surface area contributed by atoms with Crippen LogP contribution >= 0.6 is 0 Å². The smallest absolute Gasteiger partial charge is 0.269 e. The third-order valence-electron chi connectivity index (χ3n) is 6.72. The molecule has 0 N–H and O–H groups in total.